The van der Waals surface area contributed by atoms with Crippen molar-refractivity contribution in [1.29, 1.82) is 0 Å². The minimum atomic E-state index is -1.41. The Morgan fingerprint density at radius 1 is 1.44 bits per heavy atom. The fourth-order valence-electron chi connectivity index (χ4n) is 1.000. The molecule has 54 valence electrons. The van der Waals surface area contributed by atoms with Crippen molar-refractivity contribution in [1.82, 2.24) is 10.1 Å². The second-order valence-electron chi connectivity index (χ2n) is 2.83. The molecule has 0 aromatic rings. The van der Waals surface area contributed by atoms with Gasteiger partial charge in [-0.2, -0.15) is 0 Å². The smallest absolute Gasteiger partial charge is 0.239 e. The zero-order valence-electron chi connectivity index (χ0n) is 5.95. The van der Waals surface area contributed by atoms with E-state index in [-0.39, 0.29) is 0 Å². The molecule has 0 aliphatic carbocycles. The van der Waals surface area contributed by atoms with E-state index in [2.05, 4.69) is 5.09 Å². The number of hydrogen-bond acceptors (Lipinski definition) is 2. The van der Waals surface area contributed by atoms with Gasteiger partial charge in [0, 0.05) is 14.1 Å². The maximum Gasteiger partial charge on any atom is 0.239 e. The van der Waals surface area contributed by atoms with Crippen molar-refractivity contribution in [3.05, 3.63) is 0 Å². The highest BCUT2D eigenvalue weighted by atomic mass is 35.6. The summed E-state index contributed by atoms with van der Waals surface area (Å²) < 4.78 is 0. The van der Waals surface area contributed by atoms with Crippen LogP contribution in [0, 0.1) is 0 Å². The molecule has 0 radical (unpaired) electrons. The molecule has 1 aliphatic heterocycles. The number of nitrogens with one attached hydrogen (secondary N) is 1. The highest BCUT2D eigenvalue weighted by Gasteiger charge is 2.38. The summed E-state index contributed by atoms with van der Waals surface area (Å²) in [5.41, 5.74) is 0. The van der Waals surface area contributed by atoms with Crippen LogP contribution in [0.3, 0.4) is 0 Å². The van der Waals surface area contributed by atoms with Gasteiger partial charge in [0.2, 0.25) is 7.55 Å². The summed E-state index contributed by atoms with van der Waals surface area (Å²) in [6, 6.07) is 2.46. The Morgan fingerprint density at radius 3 is 2.11 bits per heavy atom. The van der Waals surface area contributed by atoms with Crippen LogP contribution in [0.15, 0.2) is 0 Å². The Kier molecular flexibility index (Phi) is 2.16. The summed E-state index contributed by atoms with van der Waals surface area (Å²) in [4.78, 5) is 0. The molecule has 2 nitrogen and oxygen atoms in total. The molecule has 9 heavy (non-hydrogen) atoms. The summed E-state index contributed by atoms with van der Waals surface area (Å²) >= 11 is 6.19. The molecule has 0 atom stereocenters. The summed E-state index contributed by atoms with van der Waals surface area (Å²) in [6.45, 7) is 0. The van der Waals surface area contributed by atoms with Gasteiger partial charge in [-0.25, -0.2) is 0 Å². The van der Waals surface area contributed by atoms with E-state index in [0.717, 1.165) is 0 Å². The highest BCUT2D eigenvalue weighted by molar-refractivity contribution is 7.20. The maximum absolute atomic E-state index is 6.19. The largest absolute Gasteiger partial charge is 0.262 e. The van der Waals surface area contributed by atoms with Crippen molar-refractivity contribution in [3.63, 3.8) is 0 Å². The Hall–Kier alpha value is 0.427. The zero-order chi connectivity index (χ0) is 6.91. The highest BCUT2D eigenvalue weighted by Crippen LogP contribution is 2.32. The zero-order valence-corrected chi connectivity index (χ0v) is 7.70. The molecule has 1 heterocycles. The van der Waals surface area contributed by atoms with Crippen molar-refractivity contribution in [3.8, 4) is 0 Å². The molecule has 4 heteroatoms. The number of nitrogens with zero attached hydrogens (tertiary/aromatic N) is 1. The van der Waals surface area contributed by atoms with Crippen molar-refractivity contribution >= 4 is 18.6 Å². The molecular formula is C5H13ClN2Si. The Labute approximate surface area is 61.9 Å². The first kappa shape index (κ1) is 7.53. The number of rotatable bonds is 2. The van der Waals surface area contributed by atoms with Gasteiger partial charge >= 0.3 is 0 Å². The molecule has 0 aromatic heterocycles. The lowest BCUT2D eigenvalue weighted by atomic mass is 10.5. The second-order valence-corrected chi connectivity index (χ2v) is 8.15. The van der Waals surface area contributed by atoms with Gasteiger partial charge in [-0.15, -0.1) is 11.1 Å². The van der Waals surface area contributed by atoms with Crippen LogP contribution < -0.4 is 5.09 Å². The van der Waals surface area contributed by atoms with Gasteiger partial charge < -0.3 is 0 Å². The van der Waals surface area contributed by atoms with E-state index in [1.807, 2.05) is 19.1 Å². The second kappa shape index (κ2) is 2.58. The maximum atomic E-state index is 6.19. The summed E-state index contributed by atoms with van der Waals surface area (Å²) in [5.74, 6) is 0. The average Bonchev–Trinajstić information content (AvgIpc) is 1.60. The average molecular weight is 165 g/mol. The van der Waals surface area contributed by atoms with E-state index in [4.69, 9.17) is 11.1 Å². The van der Waals surface area contributed by atoms with E-state index in [1.165, 1.54) is 18.5 Å². The van der Waals surface area contributed by atoms with Gasteiger partial charge in [0.25, 0.3) is 0 Å². The summed E-state index contributed by atoms with van der Waals surface area (Å²) in [5, 5.41) is 5.26. The van der Waals surface area contributed by atoms with Gasteiger partial charge in [-0.1, -0.05) is 6.42 Å². The predicted molar refractivity (Wildman–Crippen MR) is 42.7 cm³/mol. The molecule has 0 unspecified atom stereocenters. The minimum absolute atomic E-state index is 1.23. The third-order valence-corrected chi connectivity index (χ3v) is 6.10. The predicted octanol–water partition coefficient (Wildman–Crippen LogP) is 1.14. The molecule has 0 amide bonds. The van der Waals surface area contributed by atoms with Crippen LogP contribution in [0.4, 0.5) is 0 Å². The third-order valence-electron chi connectivity index (χ3n) is 1.57. The van der Waals surface area contributed by atoms with E-state index in [0.29, 0.717) is 0 Å². The SMILES string of the molecule is CN(C)N[Si]1(Cl)CCC1. The summed E-state index contributed by atoms with van der Waals surface area (Å²) in [7, 11) is 2.58. The molecule has 1 N–H and O–H groups in total. The Morgan fingerprint density at radius 2 is 2.00 bits per heavy atom. The molecular weight excluding hydrogens is 152 g/mol. The number of hydrazine groups is 1. The van der Waals surface area contributed by atoms with E-state index >= 15 is 0 Å². The van der Waals surface area contributed by atoms with Crippen molar-refractivity contribution in [2.24, 2.45) is 0 Å². The van der Waals surface area contributed by atoms with Gasteiger partial charge in [0.15, 0.2) is 0 Å². The number of halogens is 1. The molecule has 1 saturated heterocycles. The first-order chi connectivity index (χ1) is 4.12. The van der Waals surface area contributed by atoms with Gasteiger partial charge in [-0.05, 0) is 12.1 Å². The molecule has 1 fully saturated rings. The molecule has 1 aliphatic rings. The molecule has 0 bridgehead atoms. The van der Waals surface area contributed by atoms with Crippen LogP contribution in [0.25, 0.3) is 0 Å². The molecule has 0 saturated carbocycles. The molecule has 0 aromatic carbocycles. The topological polar surface area (TPSA) is 15.3 Å². The third kappa shape index (κ3) is 1.93. The van der Waals surface area contributed by atoms with Crippen LogP contribution in [-0.2, 0) is 0 Å². The Balaban J connectivity index is 2.24. The van der Waals surface area contributed by atoms with Crippen LogP contribution in [0.2, 0.25) is 12.1 Å². The standard InChI is InChI=1S/C5H13ClN2Si/c1-8(2)7-9(6)4-3-5-9/h7H,3-5H2,1-2H3. The van der Waals surface area contributed by atoms with E-state index in [9.17, 15) is 0 Å². The van der Waals surface area contributed by atoms with E-state index in [1.54, 1.807) is 0 Å². The first-order valence-electron chi connectivity index (χ1n) is 3.26. The van der Waals surface area contributed by atoms with Crippen LogP contribution >= 0.6 is 11.1 Å². The lowest BCUT2D eigenvalue weighted by Crippen LogP contribution is -2.56. The van der Waals surface area contributed by atoms with Gasteiger partial charge in [0.05, 0.1) is 0 Å². The fraction of sp³-hybridized carbons (Fsp3) is 1.00. The van der Waals surface area contributed by atoms with Crippen molar-refractivity contribution in [2.75, 3.05) is 14.1 Å². The normalized spacial score (nSPS) is 24.0. The van der Waals surface area contributed by atoms with Crippen LogP contribution in [0.1, 0.15) is 6.42 Å². The molecule has 0 spiro atoms. The quantitative estimate of drug-likeness (QED) is 0.374. The van der Waals surface area contributed by atoms with Gasteiger partial charge in [-0.3, -0.25) is 10.1 Å². The number of hydrogen-bond donors (Lipinski definition) is 1. The van der Waals surface area contributed by atoms with Gasteiger partial charge in [0.1, 0.15) is 0 Å². The lowest BCUT2D eigenvalue weighted by molar-refractivity contribution is 0.360. The van der Waals surface area contributed by atoms with Crippen LogP contribution in [0.5, 0.6) is 0 Å². The fourth-order valence-corrected chi connectivity index (χ4v) is 4.31. The first-order valence-corrected chi connectivity index (χ1v) is 6.69. The van der Waals surface area contributed by atoms with Crippen LogP contribution in [-0.4, -0.2) is 26.6 Å². The van der Waals surface area contributed by atoms with Crippen molar-refractivity contribution in [2.45, 2.75) is 18.5 Å². The Bertz CT molecular complexity index is 103. The summed E-state index contributed by atoms with van der Waals surface area (Å²) in [6.07, 6.45) is 1.32. The monoisotopic (exact) mass is 164 g/mol. The lowest BCUT2D eigenvalue weighted by Gasteiger charge is -2.35. The van der Waals surface area contributed by atoms with Crippen molar-refractivity contribution < 1.29 is 0 Å². The molecule has 1 rings (SSSR count). The minimum Gasteiger partial charge on any atom is -0.262 e. The van der Waals surface area contributed by atoms with E-state index < -0.39 is 7.55 Å².